The lowest BCUT2D eigenvalue weighted by Gasteiger charge is -2.29. The molecule has 4 aliphatic rings. The van der Waals surface area contributed by atoms with Gasteiger partial charge in [-0.15, -0.1) is 0 Å². The highest BCUT2D eigenvalue weighted by atomic mass is 16.2. The highest BCUT2D eigenvalue weighted by molar-refractivity contribution is 5.98. The predicted molar refractivity (Wildman–Crippen MR) is 442 cm³/mol. The molecule has 15 heteroatoms. The number of hydrogen-bond donors (Lipinski definition) is 2. The molecule has 0 atom stereocenters. The molecule has 3 aliphatic carbocycles. The number of aromatic nitrogens is 4. The zero-order chi connectivity index (χ0) is 77.4. The van der Waals surface area contributed by atoms with Crippen molar-refractivity contribution in [3.05, 3.63) is 349 Å². The third-order valence-electron chi connectivity index (χ3n) is 21.5. The van der Waals surface area contributed by atoms with Crippen molar-refractivity contribution in [2.75, 3.05) is 22.6 Å². The van der Waals surface area contributed by atoms with E-state index in [0.29, 0.717) is 63.1 Å². The number of rotatable bonds is 13. The van der Waals surface area contributed by atoms with Gasteiger partial charge in [-0.3, -0.25) is 38.4 Å². The molecule has 15 nitrogen and oxygen atoms in total. The van der Waals surface area contributed by atoms with Crippen LogP contribution in [0.1, 0.15) is 115 Å². The Morgan fingerprint density at radius 1 is 0.318 bits per heavy atom. The number of para-hydroxylation sites is 1. The van der Waals surface area contributed by atoms with Crippen molar-refractivity contribution in [1.82, 2.24) is 18.3 Å². The lowest BCUT2D eigenvalue weighted by molar-refractivity contribution is -0.119. The van der Waals surface area contributed by atoms with Gasteiger partial charge in [0.15, 0.2) is 0 Å². The van der Waals surface area contributed by atoms with Crippen LogP contribution in [0.4, 0.5) is 22.7 Å². The number of amides is 1. The second-order valence-electron chi connectivity index (χ2n) is 29.8. The van der Waals surface area contributed by atoms with Crippen LogP contribution in [0.3, 0.4) is 0 Å². The van der Waals surface area contributed by atoms with Crippen molar-refractivity contribution < 1.29 is 19.2 Å². The van der Waals surface area contributed by atoms with E-state index in [1.54, 1.807) is 51.4 Å². The van der Waals surface area contributed by atoms with E-state index in [1.807, 2.05) is 169 Å². The van der Waals surface area contributed by atoms with Gasteiger partial charge < -0.3 is 33.8 Å². The number of pyridine rings is 4. The number of aryl methyl sites for hydroxylation is 12. The first-order chi connectivity index (χ1) is 53.0. The maximum atomic E-state index is 12.3. The van der Waals surface area contributed by atoms with Crippen LogP contribution >= 0.6 is 0 Å². The highest BCUT2D eigenvalue weighted by Gasteiger charge is 2.27. The van der Waals surface area contributed by atoms with Crippen LogP contribution in [0.2, 0.25) is 0 Å². The van der Waals surface area contributed by atoms with E-state index in [1.165, 1.54) is 50.1 Å². The van der Waals surface area contributed by atoms with Gasteiger partial charge in [-0.1, -0.05) is 133 Å². The van der Waals surface area contributed by atoms with Crippen LogP contribution in [-0.2, 0) is 112 Å². The molecule has 0 bridgehead atoms. The Hall–Kier alpha value is -12.4. The molecule has 0 spiro atoms. The SMILES string of the molecule is Cc1cc(-c2cc3c(c(Cc4ccccc4)c2)CC(=O)CC3)cn(C)c1=O.Cc1cc(-c2cc3c(c(Cc4ccccc4)c2)N(C)C(=O)CC3)cn(C)c1=O.Cc1cc(-c2cc3c(c(NCc4ccccc4)c2)CC(=O)CC3)cn(C)c1=O.Cc1cc(-c2cc3c(c(Nc4ccccc4)c2)CC(=O)CC3)cn(C)c1=O. The summed E-state index contributed by atoms with van der Waals surface area (Å²) in [5, 5.41) is 7.02. The number of fused-ring (bicyclic) bond motifs is 4. The number of benzene rings is 8. The minimum atomic E-state index is 0.0185. The third-order valence-corrected chi connectivity index (χ3v) is 21.5. The smallest absolute Gasteiger partial charge is 0.253 e. The Bertz CT molecular complexity index is 5510. The van der Waals surface area contributed by atoms with Gasteiger partial charge in [-0.2, -0.15) is 0 Å². The summed E-state index contributed by atoms with van der Waals surface area (Å²) in [5.41, 5.74) is 29.7. The minimum Gasteiger partial charge on any atom is -0.381 e. The molecule has 0 radical (unpaired) electrons. The summed E-state index contributed by atoms with van der Waals surface area (Å²) in [4.78, 5) is 98.6. The average Bonchev–Trinajstić information content (AvgIpc) is 0.796. The molecule has 1 aliphatic heterocycles. The fraction of sp³-hybridized carbons (Fsp3) is 0.242. The van der Waals surface area contributed by atoms with Crippen molar-refractivity contribution >= 4 is 46.0 Å². The van der Waals surface area contributed by atoms with Crippen LogP contribution in [0.5, 0.6) is 0 Å². The first kappa shape index (κ1) is 75.9. The quantitative estimate of drug-likeness (QED) is 0.113. The summed E-state index contributed by atoms with van der Waals surface area (Å²) < 4.78 is 6.53. The zero-order valence-corrected chi connectivity index (χ0v) is 64.2. The molecule has 0 saturated carbocycles. The van der Waals surface area contributed by atoms with Crippen molar-refractivity contribution in [1.29, 1.82) is 0 Å². The summed E-state index contributed by atoms with van der Waals surface area (Å²) in [7, 11) is 9.00. The van der Waals surface area contributed by atoms with E-state index in [2.05, 4.69) is 95.6 Å². The molecule has 2 N–H and O–H groups in total. The molecule has 4 aromatic heterocycles. The Morgan fingerprint density at radius 2 is 0.655 bits per heavy atom. The van der Waals surface area contributed by atoms with E-state index >= 15 is 0 Å². The number of carbonyl (C=O) groups is 4. The van der Waals surface area contributed by atoms with Crippen LogP contribution in [0, 0.1) is 27.7 Å². The first-order valence-corrected chi connectivity index (χ1v) is 37.8. The molecule has 12 aromatic rings. The van der Waals surface area contributed by atoms with Gasteiger partial charge in [0.25, 0.3) is 22.2 Å². The van der Waals surface area contributed by atoms with E-state index in [9.17, 15) is 38.4 Å². The molecule has 0 fully saturated rings. The Morgan fingerprint density at radius 3 is 1.08 bits per heavy atom. The maximum Gasteiger partial charge on any atom is 0.253 e. The summed E-state index contributed by atoms with van der Waals surface area (Å²) in [5.74, 6) is 1.06. The number of nitrogens with zero attached hydrogens (tertiary/aromatic N) is 5. The third kappa shape index (κ3) is 17.6. The van der Waals surface area contributed by atoms with E-state index in [-0.39, 0.29) is 33.9 Å². The fourth-order valence-corrected chi connectivity index (χ4v) is 15.6. The molecule has 8 aromatic carbocycles. The standard InChI is InChI=1S/2C24H24N2O2.C24H23NO2.C23H22N2O2/c1-16-11-21(15-25(2)24(16)28)19-13-18-9-10-22(27)26(3)23(18)20(14-19)12-17-7-5-4-6-8-17;1-16-10-20(15-26(2)24(16)28)19-11-18-8-9-21(27)13-22(18)23(12-19)25-14-17-6-4-3-5-7-17;1-16-10-21(15-25(2)24(16)27)19-12-18-8-9-22(26)14-23(18)20(13-19)11-17-6-4-3-5-7-17;1-15-10-18(14-25(2)23(15)27)17-11-16-8-9-20(26)13-21(16)22(12-17)24-19-6-4-3-5-7-19/h4-8,11,13-15H,9-10,12H2,1-3H3;3-7,10-12,15,25H,8-9,13-14H2,1-2H3;3-7,10,12-13,15H,8-9,11,14H2,1-2H3;3-7,10-12,14,24H,8-9,13H2,1-2H3. The van der Waals surface area contributed by atoms with Crippen LogP contribution < -0.4 is 37.8 Å². The Balaban J connectivity index is 0.000000129. The zero-order valence-electron chi connectivity index (χ0n) is 64.2. The molecular formula is C95H93N7O8. The van der Waals surface area contributed by atoms with Gasteiger partial charge in [0.2, 0.25) is 5.91 Å². The van der Waals surface area contributed by atoms with Crippen molar-refractivity contribution in [2.24, 2.45) is 28.2 Å². The second kappa shape index (κ2) is 33.4. The molecule has 110 heavy (non-hydrogen) atoms. The van der Waals surface area contributed by atoms with Gasteiger partial charge in [-0.25, -0.2) is 0 Å². The molecule has 556 valence electrons. The van der Waals surface area contributed by atoms with Crippen molar-refractivity contribution in [3.63, 3.8) is 0 Å². The van der Waals surface area contributed by atoms with E-state index in [4.69, 9.17) is 0 Å². The number of Topliss-reactive ketones (excluding diaryl/α,β-unsaturated/α-hetero) is 3. The topological polar surface area (TPSA) is 184 Å². The second-order valence-corrected chi connectivity index (χ2v) is 29.8. The summed E-state index contributed by atoms with van der Waals surface area (Å²) in [6, 6.07) is 66.0. The summed E-state index contributed by atoms with van der Waals surface area (Å²) in [6.45, 7) is 8.09. The molecule has 5 heterocycles. The van der Waals surface area contributed by atoms with Gasteiger partial charge in [-0.05, 0) is 238 Å². The lowest BCUT2D eigenvalue weighted by Crippen LogP contribution is -2.32. The van der Waals surface area contributed by atoms with Gasteiger partial charge >= 0.3 is 0 Å². The molecular weight excluding hydrogens is 1370 g/mol. The Labute approximate surface area is 642 Å². The predicted octanol–water partition coefficient (Wildman–Crippen LogP) is 16.1. The first-order valence-electron chi connectivity index (χ1n) is 37.8. The van der Waals surface area contributed by atoms with E-state index < -0.39 is 0 Å². The maximum absolute atomic E-state index is 12.3. The van der Waals surface area contributed by atoms with Gasteiger partial charge in [0.1, 0.15) is 17.3 Å². The van der Waals surface area contributed by atoms with Gasteiger partial charge in [0.05, 0.1) is 5.69 Å². The van der Waals surface area contributed by atoms with Crippen molar-refractivity contribution in [3.8, 4) is 44.5 Å². The largest absolute Gasteiger partial charge is 0.381 e. The lowest BCUT2D eigenvalue weighted by atomic mass is 9.83. The molecule has 1 amide bonds. The van der Waals surface area contributed by atoms with Crippen molar-refractivity contribution in [2.45, 2.75) is 118 Å². The normalized spacial score (nSPS) is 13.4. The number of carbonyl (C=O) groups excluding carboxylic acids is 4. The monoisotopic (exact) mass is 1460 g/mol. The fourth-order valence-electron chi connectivity index (χ4n) is 15.6. The number of nitrogens with one attached hydrogen (secondary N) is 2. The number of hydrogen-bond acceptors (Lipinski definition) is 10. The van der Waals surface area contributed by atoms with Crippen LogP contribution in [-0.4, -0.2) is 48.6 Å². The summed E-state index contributed by atoms with van der Waals surface area (Å²) in [6.07, 6.45) is 16.0. The number of anilines is 4. The molecule has 0 saturated heterocycles. The van der Waals surface area contributed by atoms with Crippen LogP contribution in [0.15, 0.2) is 238 Å². The van der Waals surface area contributed by atoms with E-state index in [0.717, 1.165) is 145 Å². The summed E-state index contributed by atoms with van der Waals surface area (Å²) >= 11 is 0. The Kier molecular flexibility index (Phi) is 23.0. The van der Waals surface area contributed by atoms with Gasteiger partial charge in [0, 0.05) is 151 Å². The average molecular weight is 1460 g/mol. The minimum absolute atomic E-state index is 0.0185. The highest BCUT2D eigenvalue weighted by Crippen LogP contribution is 2.39. The molecule has 16 rings (SSSR count). The number of ketones is 3. The van der Waals surface area contributed by atoms with Crippen LogP contribution in [0.25, 0.3) is 44.5 Å². The molecule has 0 unspecified atom stereocenters.